The van der Waals surface area contributed by atoms with E-state index in [1.807, 2.05) is 13.2 Å². The molecule has 146 valence electrons. The standard InChI is InChI=1S/C19H24N2O4S2/c1-3-25-16-11-9-15(10-12-16)20-19(22)18(13-14-26-2)21-27(23,24)17-7-5-4-6-8-17/h4-12,18,21H,3,13-14H2,1-2H3,(H,20,22)/t18-/m0/s1. The molecule has 8 heteroatoms. The van der Waals surface area contributed by atoms with Gasteiger partial charge in [-0.15, -0.1) is 0 Å². The monoisotopic (exact) mass is 408 g/mol. The average molecular weight is 409 g/mol. The molecule has 0 unspecified atom stereocenters. The highest BCUT2D eigenvalue weighted by molar-refractivity contribution is 7.98. The SMILES string of the molecule is CCOc1ccc(NC(=O)[C@H](CCSC)NS(=O)(=O)c2ccccc2)cc1. The predicted molar refractivity (Wildman–Crippen MR) is 110 cm³/mol. The summed E-state index contributed by atoms with van der Waals surface area (Å²) in [6, 6.07) is 14.1. The van der Waals surface area contributed by atoms with Crippen molar-refractivity contribution < 1.29 is 17.9 Å². The van der Waals surface area contributed by atoms with Gasteiger partial charge in [-0.1, -0.05) is 18.2 Å². The normalized spacial score (nSPS) is 12.4. The molecule has 0 saturated heterocycles. The first-order valence-electron chi connectivity index (χ1n) is 8.56. The van der Waals surface area contributed by atoms with E-state index in [9.17, 15) is 13.2 Å². The second-order valence-corrected chi connectivity index (χ2v) is 8.41. The van der Waals surface area contributed by atoms with Gasteiger partial charge in [-0.3, -0.25) is 4.79 Å². The molecule has 0 aliphatic heterocycles. The Morgan fingerprint density at radius 2 is 1.78 bits per heavy atom. The molecular weight excluding hydrogens is 384 g/mol. The Hall–Kier alpha value is -2.03. The van der Waals surface area contributed by atoms with Crippen LogP contribution < -0.4 is 14.8 Å². The molecule has 27 heavy (non-hydrogen) atoms. The van der Waals surface area contributed by atoms with Crippen LogP contribution in [0.2, 0.25) is 0 Å². The Bertz CT molecular complexity index is 825. The number of hydrogen-bond acceptors (Lipinski definition) is 5. The van der Waals surface area contributed by atoms with E-state index < -0.39 is 22.0 Å². The van der Waals surface area contributed by atoms with Gasteiger partial charge in [0, 0.05) is 5.69 Å². The number of amides is 1. The van der Waals surface area contributed by atoms with E-state index in [-0.39, 0.29) is 4.90 Å². The van der Waals surface area contributed by atoms with E-state index in [0.29, 0.717) is 30.2 Å². The van der Waals surface area contributed by atoms with E-state index in [4.69, 9.17) is 4.74 Å². The maximum atomic E-state index is 12.7. The average Bonchev–Trinajstić information content (AvgIpc) is 2.67. The number of thioether (sulfide) groups is 1. The third-order valence-corrected chi connectivity index (χ3v) is 5.84. The third kappa shape index (κ3) is 6.57. The van der Waals surface area contributed by atoms with Gasteiger partial charge in [0.2, 0.25) is 15.9 Å². The summed E-state index contributed by atoms with van der Waals surface area (Å²) < 4.78 is 33.0. The van der Waals surface area contributed by atoms with Crippen LogP contribution >= 0.6 is 11.8 Å². The molecule has 0 saturated carbocycles. The van der Waals surface area contributed by atoms with Gasteiger partial charge in [0.25, 0.3) is 0 Å². The fraction of sp³-hybridized carbons (Fsp3) is 0.316. The van der Waals surface area contributed by atoms with Crippen molar-refractivity contribution >= 4 is 33.4 Å². The van der Waals surface area contributed by atoms with Crippen LogP contribution in [-0.2, 0) is 14.8 Å². The largest absolute Gasteiger partial charge is 0.494 e. The zero-order chi connectivity index (χ0) is 19.7. The van der Waals surface area contributed by atoms with Crippen LogP contribution in [0, 0.1) is 0 Å². The lowest BCUT2D eigenvalue weighted by atomic mass is 10.2. The van der Waals surface area contributed by atoms with Crippen LogP contribution in [0.4, 0.5) is 5.69 Å². The Morgan fingerprint density at radius 1 is 1.11 bits per heavy atom. The number of ether oxygens (including phenoxy) is 1. The summed E-state index contributed by atoms with van der Waals surface area (Å²) in [6.45, 7) is 2.45. The van der Waals surface area contributed by atoms with Crippen LogP contribution in [0.5, 0.6) is 5.75 Å². The van der Waals surface area contributed by atoms with Crippen LogP contribution in [-0.4, -0.2) is 39.0 Å². The molecule has 1 atom stereocenters. The van der Waals surface area contributed by atoms with E-state index in [0.717, 1.165) is 0 Å². The molecule has 0 bridgehead atoms. The summed E-state index contributed by atoms with van der Waals surface area (Å²) in [4.78, 5) is 12.8. The smallest absolute Gasteiger partial charge is 0.242 e. The minimum Gasteiger partial charge on any atom is -0.494 e. The molecule has 2 aromatic rings. The third-order valence-electron chi connectivity index (χ3n) is 3.71. The zero-order valence-corrected chi connectivity index (χ0v) is 17.0. The first kappa shape index (κ1) is 21.3. The van der Waals surface area contributed by atoms with Crippen LogP contribution in [0.15, 0.2) is 59.5 Å². The predicted octanol–water partition coefficient (Wildman–Crippen LogP) is 3.12. The molecule has 2 N–H and O–H groups in total. The van der Waals surface area contributed by atoms with Crippen molar-refractivity contribution in [1.82, 2.24) is 4.72 Å². The molecule has 0 aliphatic carbocycles. The van der Waals surface area contributed by atoms with Crippen molar-refractivity contribution in [2.24, 2.45) is 0 Å². The topological polar surface area (TPSA) is 84.5 Å². The van der Waals surface area contributed by atoms with Gasteiger partial charge < -0.3 is 10.1 Å². The molecule has 2 aromatic carbocycles. The first-order valence-corrected chi connectivity index (χ1v) is 11.4. The number of anilines is 1. The summed E-state index contributed by atoms with van der Waals surface area (Å²) in [5.41, 5.74) is 0.580. The molecule has 0 fully saturated rings. The minimum atomic E-state index is -3.78. The molecule has 0 aromatic heterocycles. The molecule has 6 nitrogen and oxygen atoms in total. The number of nitrogens with one attached hydrogen (secondary N) is 2. The quantitative estimate of drug-likeness (QED) is 0.631. The molecule has 0 spiro atoms. The highest BCUT2D eigenvalue weighted by Gasteiger charge is 2.25. The van der Waals surface area contributed by atoms with Crippen LogP contribution in [0.25, 0.3) is 0 Å². The Balaban J connectivity index is 2.11. The fourth-order valence-corrected chi connectivity index (χ4v) is 4.09. The van der Waals surface area contributed by atoms with Crippen molar-refractivity contribution in [2.75, 3.05) is 23.9 Å². The van der Waals surface area contributed by atoms with Gasteiger partial charge in [0.1, 0.15) is 11.8 Å². The molecule has 0 aliphatic rings. The van der Waals surface area contributed by atoms with Gasteiger partial charge in [-0.05, 0) is 61.8 Å². The highest BCUT2D eigenvalue weighted by atomic mass is 32.2. The van der Waals surface area contributed by atoms with Gasteiger partial charge in [0.05, 0.1) is 11.5 Å². The van der Waals surface area contributed by atoms with Gasteiger partial charge in [-0.25, -0.2) is 8.42 Å². The van der Waals surface area contributed by atoms with E-state index in [1.54, 1.807) is 54.2 Å². The Morgan fingerprint density at radius 3 is 2.37 bits per heavy atom. The van der Waals surface area contributed by atoms with E-state index >= 15 is 0 Å². The molecule has 0 heterocycles. The van der Waals surface area contributed by atoms with Crippen molar-refractivity contribution in [1.29, 1.82) is 0 Å². The maximum absolute atomic E-state index is 12.7. The van der Waals surface area contributed by atoms with Crippen molar-refractivity contribution in [2.45, 2.75) is 24.3 Å². The van der Waals surface area contributed by atoms with Gasteiger partial charge in [-0.2, -0.15) is 16.5 Å². The van der Waals surface area contributed by atoms with Gasteiger partial charge >= 0.3 is 0 Å². The molecule has 1 amide bonds. The van der Waals surface area contributed by atoms with E-state index in [1.165, 1.54) is 12.1 Å². The lowest BCUT2D eigenvalue weighted by Crippen LogP contribution is -2.44. The maximum Gasteiger partial charge on any atom is 0.242 e. The summed E-state index contributed by atoms with van der Waals surface area (Å²) in [5, 5.41) is 2.76. The van der Waals surface area contributed by atoms with Crippen molar-refractivity contribution in [3.8, 4) is 5.75 Å². The highest BCUT2D eigenvalue weighted by Crippen LogP contribution is 2.17. The lowest BCUT2D eigenvalue weighted by Gasteiger charge is -2.18. The lowest BCUT2D eigenvalue weighted by molar-refractivity contribution is -0.117. The molecule has 0 radical (unpaired) electrons. The Kier molecular flexibility index (Phi) is 8.15. The van der Waals surface area contributed by atoms with Crippen LogP contribution in [0.1, 0.15) is 13.3 Å². The van der Waals surface area contributed by atoms with Crippen molar-refractivity contribution in [3.63, 3.8) is 0 Å². The minimum absolute atomic E-state index is 0.132. The molecule has 2 rings (SSSR count). The number of carbonyl (C=O) groups excluding carboxylic acids is 1. The number of carbonyl (C=O) groups is 1. The Labute approximate surface area is 164 Å². The summed E-state index contributed by atoms with van der Waals surface area (Å²) in [5.74, 6) is 0.963. The summed E-state index contributed by atoms with van der Waals surface area (Å²) in [7, 11) is -3.78. The molecular formula is C19H24N2O4S2. The van der Waals surface area contributed by atoms with Crippen LogP contribution in [0.3, 0.4) is 0 Å². The second-order valence-electron chi connectivity index (χ2n) is 5.72. The number of benzene rings is 2. The van der Waals surface area contributed by atoms with E-state index in [2.05, 4.69) is 10.0 Å². The zero-order valence-electron chi connectivity index (χ0n) is 15.3. The first-order chi connectivity index (χ1) is 13.0. The number of hydrogen-bond donors (Lipinski definition) is 2. The fourth-order valence-electron chi connectivity index (χ4n) is 2.36. The second kappa shape index (κ2) is 10.3. The van der Waals surface area contributed by atoms with Gasteiger partial charge in [0.15, 0.2) is 0 Å². The number of rotatable bonds is 10. The van der Waals surface area contributed by atoms with Crippen molar-refractivity contribution in [3.05, 3.63) is 54.6 Å². The summed E-state index contributed by atoms with van der Waals surface area (Å²) >= 11 is 1.55. The summed E-state index contributed by atoms with van der Waals surface area (Å²) in [6.07, 6.45) is 2.29. The number of sulfonamides is 1.